The van der Waals surface area contributed by atoms with E-state index in [1.54, 1.807) is 30.3 Å². The van der Waals surface area contributed by atoms with Crippen LogP contribution in [0.1, 0.15) is 12.0 Å². The first-order valence-electron chi connectivity index (χ1n) is 8.33. The van der Waals surface area contributed by atoms with Crippen molar-refractivity contribution in [3.8, 4) is 6.07 Å². The van der Waals surface area contributed by atoms with Crippen molar-refractivity contribution < 1.29 is 9.21 Å². The minimum Gasteiger partial charge on any atom is -0.448 e. The number of fused-ring (bicyclic) bond motifs is 3. The van der Waals surface area contributed by atoms with Gasteiger partial charge in [0.15, 0.2) is 0 Å². The summed E-state index contributed by atoms with van der Waals surface area (Å²) in [5, 5.41) is 12.5. The highest BCUT2D eigenvalue weighted by molar-refractivity contribution is 6.01. The number of furan rings is 1. The standard InChI is InChI=1S/C20H14N4O3/c21-11-13-5-1-3-7-15(13)23-17(25)9-10-24-12-22-18-14-6-2-4-8-16(14)27-19(18)20(24)26/h1-8,12H,9-10H2,(H,23,25). The second kappa shape index (κ2) is 6.77. The Morgan fingerprint density at radius 3 is 2.81 bits per heavy atom. The van der Waals surface area contributed by atoms with Gasteiger partial charge in [-0.2, -0.15) is 5.26 Å². The SMILES string of the molecule is N#Cc1ccccc1NC(=O)CCn1cnc2c(oc3ccccc32)c1=O. The Balaban J connectivity index is 1.54. The summed E-state index contributed by atoms with van der Waals surface area (Å²) in [6.07, 6.45) is 1.48. The monoisotopic (exact) mass is 358 g/mol. The molecule has 0 atom stereocenters. The van der Waals surface area contributed by atoms with Crippen molar-refractivity contribution in [3.63, 3.8) is 0 Å². The molecule has 7 nitrogen and oxygen atoms in total. The third-order valence-electron chi connectivity index (χ3n) is 4.25. The second-order valence-electron chi connectivity index (χ2n) is 5.97. The van der Waals surface area contributed by atoms with Crippen molar-refractivity contribution in [1.29, 1.82) is 5.26 Å². The molecule has 27 heavy (non-hydrogen) atoms. The molecule has 0 unspecified atom stereocenters. The summed E-state index contributed by atoms with van der Waals surface area (Å²) >= 11 is 0. The number of nitrogens with zero attached hydrogens (tertiary/aromatic N) is 3. The molecule has 0 aliphatic rings. The first-order valence-corrected chi connectivity index (χ1v) is 8.33. The van der Waals surface area contributed by atoms with Crippen LogP contribution in [0.5, 0.6) is 0 Å². The number of amides is 1. The Morgan fingerprint density at radius 2 is 1.96 bits per heavy atom. The molecule has 0 fully saturated rings. The van der Waals surface area contributed by atoms with E-state index < -0.39 is 0 Å². The van der Waals surface area contributed by atoms with E-state index in [1.807, 2.05) is 24.3 Å². The molecular weight excluding hydrogens is 344 g/mol. The van der Waals surface area contributed by atoms with E-state index in [2.05, 4.69) is 10.3 Å². The third-order valence-corrected chi connectivity index (χ3v) is 4.25. The van der Waals surface area contributed by atoms with Crippen LogP contribution >= 0.6 is 0 Å². The van der Waals surface area contributed by atoms with Crippen molar-refractivity contribution in [2.75, 3.05) is 5.32 Å². The Bertz CT molecular complexity index is 1260. The lowest BCUT2D eigenvalue weighted by molar-refractivity contribution is -0.116. The highest BCUT2D eigenvalue weighted by atomic mass is 16.3. The zero-order valence-electron chi connectivity index (χ0n) is 14.2. The maximum atomic E-state index is 12.6. The molecule has 132 valence electrons. The number of carbonyl (C=O) groups is 1. The average molecular weight is 358 g/mol. The molecule has 0 saturated heterocycles. The van der Waals surface area contributed by atoms with E-state index in [0.29, 0.717) is 22.4 Å². The molecule has 4 rings (SSSR count). The molecule has 1 N–H and O–H groups in total. The van der Waals surface area contributed by atoms with Gasteiger partial charge in [0.1, 0.15) is 17.2 Å². The molecule has 0 aliphatic heterocycles. The van der Waals surface area contributed by atoms with Gasteiger partial charge in [-0.25, -0.2) is 4.98 Å². The van der Waals surface area contributed by atoms with Crippen molar-refractivity contribution in [3.05, 3.63) is 70.8 Å². The Hall–Kier alpha value is -3.92. The van der Waals surface area contributed by atoms with Crippen LogP contribution in [0, 0.1) is 11.3 Å². The average Bonchev–Trinajstić information content (AvgIpc) is 3.07. The van der Waals surface area contributed by atoms with Crippen LogP contribution in [0.25, 0.3) is 22.1 Å². The number of para-hydroxylation sites is 2. The fourth-order valence-electron chi connectivity index (χ4n) is 2.90. The number of nitriles is 1. The summed E-state index contributed by atoms with van der Waals surface area (Å²) in [5.41, 5.74) is 1.78. The molecule has 0 aliphatic carbocycles. The second-order valence-corrected chi connectivity index (χ2v) is 5.97. The number of benzene rings is 2. The zero-order chi connectivity index (χ0) is 18.8. The number of hydrogen-bond acceptors (Lipinski definition) is 5. The normalized spacial score (nSPS) is 10.8. The number of anilines is 1. The molecule has 7 heteroatoms. The van der Waals surface area contributed by atoms with E-state index in [4.69, 9.17) is 9.68 Å². The highest BCUT2D eigenvalue weighted by Crippen LogP contribution is 2.24. The fraction of sp³-hybridized carbons (Fsp3) is 0.100. The predicted molar refractivity (Wildman–Crippen MR) is 100 cm³/mol. The molecule has 0 saturated carbocycles. The molecule has 0 radical (unpaired) electrons. The number of aryl methyl sites for hydroxylation is 1. The molecule has 2 aromatic carbocycles. The van der Waals surface area contributed by atoms with Gasteiger partial charge in [0.2, 0.25) is 11.5 Å². The van der Waals surface area contributed by atoms with Crippen molar-refractivity contribution >= 4 is 33.7 Å². The van der Waals surface area contributed by atoms with E-state index in [1.165, 1.54) is 10.9 Å². The third kappa shape index (κ3) is 3.04. The topological polar surface area (TPSA) is 101 Å². The zero-order valence-corrected chi connectivity index (χ0v) is 14.2. The largest absolute Gasteiger partial charge is 0.448 e. The van der Waals surface area contributed by atoms with Crippen LogP contribution in [-0.2, 0) is 11.3 Å². The predicted octanol–water partition coefficient (Wildman–Crippen LogP) is 3.04. The minimum absolute atomic E-state index is 0.0626. The van der Waals surface area contributed by atoms with Gasteiger partial charge in [0.25, 0.3) is 5.56 Å². The summed E-state index contributed by atoms with van der Waals surface area (Å²) in [5.74, 6) is -0.297. The van der Waals surface area contributed by atoms with Gasteiger partial charge >= 0.3 is 0 Å². The van der Waals surface area contributed by atoms with Crippen LogP contribution in [-0.4, -0.2) is 15.5 Å². The number of hydrogen-bond donors (Lipinski definition) is 1. The Labute approximate surface area is 153 Å². The van der Waals surface area contributed by atoms with Gasteiger partial charge in [-0.05, 0) is 24.3 Å². The maximum Gasteiger partial charge on any atom is 0.297 e. The van der Waals surface area contributed by atoms with Crippen LogP contribution in [0.4, 0.5) is 5.69 Å². The molecule has 1 amide bonds. The van der Waals surface area contributed by atoms with Gasteiger partial charge in [-0.1, -0.05) is 24.3 Å². The number of aromatic nitrogens is 2. The number of nitrogens with one attached hydrogen (secondary N) is 1. The van der Waals surface area contributed by atoms with Crippen LogP contribution < -0.4 is 10.9 Å². The summed E-state index contributed by atoms with van der Waals surface area (Å²) in [4.78, 5) is 29.1. The minimum atomic E-state index is -0.332. The maximum absolute atomic E-state index is 12.6. The Morgan fingerprint density at radius 1 is 1.19 bits per heavy atom. The van der Waals surface area contributed by atoms with Gasteiger partial charge in [0.05, 0.1) is 17.6 Å². The summed E-state index contributed by atoms with van der Waals surface area (Å²) in [7, 11) is 0. The van der Waals surface area contributed by atoms with Crippen molar-refractivity contribution in [2.45, 2.75) is 13.0 Å². The van der Waals surface area contributed by atoms with Gasteiger partial charge in [-0.3, -0.25) is 14.2 Å². The number of rotatable bonds is 4. The molecular formula is C20H14N4O3. The highest BCUT2D eigenvalue weighted by Gasteiger charge is 2.14. The lowest BCUT2D eigenvalue weighted by Crippen LogP contribution is -2.23. The van der Waals surface area contributed by atoms with Gasteiger partial charge in [0, 0.05) is 18.4 Å². The summed E-state index contributed by atoms with van der Waals surface area (Å²) in [6, 6.07) is 16.1. The first-order chi connectivity index (χ1) is 13.2. The Kier molecular flexibility index (Phi) is 4.15. The molecule has 0 spiro atoms. The number of carbonyl (C=O) groups excluding carboxylic acids is 1. The van der Waals surface area contributed by atoms with E-state index in [-0.39, 0.29) is 30.0 Å². The molecule has 2 heterocycles. The molecule has 4 aromatic rings. The van der Waals surface area contributed by atoms with Crippen molar-refractivity contribution in [1.82, 2.24) is 9.55 Å². The lowest BCUT2D eigenvalue weighted by atomic mass is 10.2. The summed E-state index contributed by atoms with van der Waals surface area (Å²) < 4.78 is 6.97. The van der Waals surface area contributed by atoms with Crippen LogP contribution in [0.3, 0.4) is 0 Å². The van der Waals surface area contributed by atoms with Crippen molar-refractivity contribution in [2.24, 2.45) is 0 Å². The summed E-state index contributed by atoms with van der Waals surface area (Å²) in [6.45, 7) is 0.152. The lowest BCUT2D eigenvalue weighted by Gasteiger charge is -2.08. The quantitative estimate of drug-likeness (QED) is 0.604. The van der Waals surface area contributed by atoms with Crippen LogP contribution in [0.2, 0.25) is 0 Å². The van der Waals surface area contributed by atoms with Crippen LogP contribution in [0.15, 0.2) is 64.1 Å². The van der Waals surface area contributed by atoms with Gasteiger partial charge in [-0.15, -0.1) is 0 Å². The fourth-order valence-corrected chi connectivity index (χ4v) is 2.90. The van der Waals surface area contributed by atoms with E-state index in [0.717, 1.165) is 5.39 Å². The van der Waals surface area contributed by atoms with Gasteiger partial charge < -0.3 is 9.73 Å². The van der Waals surface area contributed by atoms with E-state index >= 15 is 0 Å². The molecule has 2 aromatic heterocycles. The first kappa shape index (κ1) is 16.5. The van der Waals surface area contributed by atoms with E-state index in [9.17, 15) is 9.59 Å². The smallest absolute Gasteiger partial charge is 0.297 e. The molecule has 0 bridgehead atoms.